The van der Waals surface area contributed by atoms with Crippen LogP contribution in [0.3, 0.4) is 0 Å². The molecular formula is C17H24N4S. The third-order valence-electron chi connectivity index (χ3n) is 3.22. The van der Waals surface area contributed by atoms with E-state index in [0.717, 1.165) is 38.4 Å². The summed E-state index contributed by atoms with van der Waals surface area (Å²) in [6.07, 6.45) is 2.08. The number of hydrogen-bond acceptors (Lipinski definition) is 3. The van der Waals surface area contributed by atoms with Gasteiger partial charge in [-0.2, -0.15) is 0 Å². The molecule has 0 atom stereocenters. The van der Waals surface area contributed by atoms with Crippen molar-refractivity contribution < 1.29 is 0 Å². The Bertz CT molecular complexity index is 537. The first-order valence-corrected chi connectivity index (χ1v) is 8.52. The fourth-order valence-corrected chi connectivity index (χ4v) is 2.77. The van der Waals surface area contributed by atoms with E-state index in [1.165, 1.54) is 10.6 Å². The first kappa shape index (κ1) is 16.4. The van der Waals surface area contributed by atoms with Crippen molar-refractivity contribution in [2.45, 2.75) is 12.8 Å². The highest BCUT2D eigenvalue weighted by Gasteiger charge is 1.98. The predicted molar refractivity (Wildman–Crippen MR) is 96.9 cm³/mol. The Hall–Kier alpha value is -2.01. The molecule has 0 amide bonds. The largest absolute Gasteiger partial charge is 0.385 e. The maximum absolute atomic E-state index is 4.24. The lowest BCUT2D eigenvalue weighted by atomic mass is 10.3. The van der Waals surface area contributed by atoms with Crippen LogP contribution in [0.15, 0.2) is 52.8 Å². The van der Waals surface area contributed by atoms with E-state index in [1.807, 2.05) is 25.2 Å². The molecule has 0 bridgehead atoms. The van der Waals surface area contributed by atoms with E-state index >= 15 is 0 Å². The van der Waals surface area contributed by atoms with Gasteiger partial charge in [-0.15, -0.1) is 11.3 Å². The van der Waals surface area contributed by atoms with E-state index in [1.54, 1.807) is 11.3 Å². The highest BCUT2D eigenvalue weighted by Crippen LogP contribution is 2.08. The number of rotatable bonds is 8. The molecule has 0 aliphatic heterocycles. The summed E-state index contributed by atoms with van der Waals surface area (Å²) in [6.45, 7) is 2.75. The van der Waals surface area contributed by atoms with Crippen molar-refractivity contribution in [3.8, 4) is 0 Å². The normalized spacial score (nSPS) is 11.2. The molecular weight excluding hydrogens is 292 g/mol. The quantitative estimate of drug-likeness (QED) is 0.399. The average molecular weight is 316 g/mol. The van der Waals surface area contributed by atoms with Gasteiger partial charge >= 0.3 is 0 Å². The van der Waals surface area contributed by atoms with Crippen molar-refractivity contribution >= 4 is 23.0 Å². The molecule has 5 heteroatoms. The second-order valence-electron chi connectivity index (χ2n) is 4.90. The Morgan fingerprint density at radius 2 is 1.82 bits per heavy atom. The Balaban J connectivity index is 1.54. The van der Waals surface area contributed by atoms with Gasteiger partial charge in [0.25, 0.3) is 0 Å². The maximum atomic E-state index is 4.24. The predicted octanol–water partition coefficient (Wildman–Crippen LogP) is 2.96. The van der Waals surface area contributed by atoms with Crippen LogP contribution < -0.4 is 16.0 Å². The monoisotopic (exact) mass is 316 g/mol. The highest BCUT2D eigenvalue weighted by atomic mass is 32.1. The van der Waals surface area contributed by atoms with Crippen LogP contribution >= 0.6 is 11.3 Å². The standard InChI is InChI=1S/C17H24N4S/c1-18-17(21-13-10-16-9-5-14-22-16)20-12-6-11-19-15-7-3-2-4-8-15/h2-5,7-9,14,19H,6,10-13H2,1H3,(H2,18,20,21). The first-order valence-electron chi connectivity index (χ1n) is 7.64. The zero-order valence-corrected chi connectivity index (χ0v) is 13.8. The van der Waals surface area contributed by atoms with Crippen LogP contribution in [0.4, 0.5) is 5.69 Å². The van der Waals surface area contributed by atoms with Gasteiger partial charge in [-0.3, -0.25) is 4.99 Å². The van der Waals surface area contributed by atoms with Gasteiger partial charge in [0.1, 0.15) is 0 Å². The Kier molecular flexibility index (Phi) is 7.32. The van der Waals surface area contributed by atoms with E-state index < -0.39 is 0 Å². The minimum atomic E-state index is 0.872. The number of para-hydroxylation sites is 1. The number of anilines is 1. The molecule has 118 valence electrons. The van der Waals surface area contributed by atoms with E-state index in [4.69, 9.17) is 0 Å². The lowest BCUT2D eigenvalue weighted by Gasteiger charge is -2.12. The molecule has 0 radical (unpaired) electrons. The van der Waals surface area contributed by atoms with Crippen molar-refractivity contribution in [3.05, 3.63) is 52.7 Å². The third kappa shape index (κ3) is 6.18. The number of guanidine groups is 1. The average Bonchev–Trinajstić information content (AvgIpc) is 3.07. The van der Waals surface area contributed by atoms with E-state index in [2.05, 4.69) is 50.6 Å². The summed E-state index contributed by atoms with van der Waals surface area (Å²) < 4.78 is 0. The fraction of sp³-hybridized carbons (Fsp3) is 0.353. The molecule has 3 N–H and O–H groups in total. The molecule has 0 aliphatic rings. The molecule has 0 saturated heterocycles. The summed E-state index contributed by atoms with van der Waals surface area (Å²) >= 11 is 1.80. The van der Waals surface area contributed by atoms with Crippen LogP contribution in [0.5, 0.6) is 0 Å². The lowest BCUT2D eigenvalue weighted by Crippen LogP contribution is -2.39. The van der Waals surface area contributed by atoms with Gasteiger partial charge in [0.15, 0.2) is 5.96 Å². The molecule has 2 aromatic rings. The Labute approximate surface area is 136 Å². The SMILES string of the molecule is CN=C(NCCCNc1ccccc1)NCCc1cccs1. The molecule has 0 saturated carbocycles. The van der Waals surface area contributed by atoms with Crippen LogP contribution in [0.1, 0.15) is 11.3 Å². The van der Waals surface area contributed by atoms with Crippen LogP contribution in [0, 0.1) is 0 Å². The topological polar surface area (TPSA) is 48.5 Å². The maximum Gasteiger partial charge on any atom is 0.190 e. The number of nitrogens with zero attached hydrogens (tertiary/aromatic N) is 1. The number of benzene rings is 1. The zero-order valence-electron chi connectivity index (χ0n) is 13.0. The Morgan fingerprint density at radius 1 is 1.00 bits per heavy atom. The highest BCUT2D eigenvalue weighted by molar-refractivity contribution is 7.09. The molecule has 4 nitrogen and oxygen atoms in total. The van der Waals surface area contributed by atoms with Gasteiger partial charge in [0.2, 0.25) is 0 Å². The molecule has 0 aliphatic carbocycles. The number of nitrogens with one attached hydrogen (secondary N) is 3. The molecule has 0 fully saturated rings. The van der Waals surface area contributed by atoms with Gasteiger partial charge in [-0.05, 0) is 36.4 Å². The van der Waals surface area contributed by atoms with Crippen LogP contribution in [0.25, 0.3) is 0 Å². The van der Waals surface area contributed by atoms with Crippen molar-refractivity contribution in [3.63, 3.8) is 0 Å². The summed E-state index contributed by atoms with van der Waals surface area (Å²) in [5, 5.41) is 12.2. The van der Waals surface area contributed by atoms with Gasteiger partial charge < -0.3 is 16.0 Å². The smallest absolute Gasteiger partial charge is 0.190 e. The second-order valence-corrected chi connectivity index (χ2v) is 5.93. The number of thiophene rings is 1. The van der Waals surface area contributed by atoms with Crippen LogP contribution in [0.2, 0.25) is 0 Å². The molecule has 2 rings (SSSR count). The molecule has 1 aromatic carbocycles. The zero-order chi connectivity index (χ0) is 15.5. The summed E-state index contributed by atoms with van der Waals surface area (Å²) in [4.78, 5) is 5.64. The van der Waals surface area contributed by atoms with E-state index in [-0.39, 0.29) is 0 Å². The number of hydrogen-bond donors (Lipinski definition) is 3. The molecule has 0 spiro atoms. The van der Waals surface area contributed by atoms with Crippen molar-refractivity contribution in [1.29, 1.82) is 0 Å². The minimum absolute atomic E-state index is 0.872. The first-order chi connectivity index (χ1) is 10.9. The second kappa shape index (κ2) is 9.84. The summed E-state index contributed by atoms with van der Waals surface area (Å²) in [5.74, 6) is 0.872. The summed E-state index contributed by atoms with van der Waals surface area (Å²) in [6, 6.07) is 14.5. The van der Waals surface area contributed by atoms with Gasteiger partial charge in [-0.1, -0.05) is 24.3 Å². The summed E-state index contributed by atoms with van der Waals surface area (Å²) in [7, 11) is 1.81. The van der Waals surface area contributed by atoms with Crippen molar-refractivity contribution in [2.75, 3.05) is 32.0 Å². The molecule has 0 unspecified atom stereocenters. The summed E-state index contributed by atoms with van der Waals surface area (Å²) in [5.41, 5.74) is 1.17. The molecule has 1 aromatic heterocycles. The molecule has 1 heterocycles. The van der Waals surface area contributed by atoms with Crippen molar-refractivity contribution in [1.82, 2.24) is 10.6 Å². The van der Waals surface area contributed by atoms with Gasteiger partial charge in [0, 0.05) is 37.2 Å². The van der Waals surface area contributed by atoms with Gasteiger partial charge in [0.05, 0.1) is 0 Å². The molecule has 22 heavy (non-hydrogen) atoms. The van der Waals surface area contributed by atoms with Crippen LogP contribution in [-0.2, 0) is 6.42 Å². The Morgan fingerprint density at radius 3 is 2.55 bits per heavy atom. The number of aliphatic imine (C=N–C) groups is 1. The van der Waals surface area contributed by atoms with Gasteiger partial charge in [-0.25, -0.2) is 0 Å². The van der Waals surface area contributed by atoms with Crippen molar-refractivity contribution in [2.24, 2.45) is 4.99 Å². The third-order valence-corrected chi connectivity index (χ3v) is 4.15. The fourth-order valence-electron chi connectivity index (χ4n) is 2.06. The van der Waals surface area contributed by atoms with E-state index in [9.17, 15) is 0 Å². The lowest BCUT2D eigenvalue weighted by molar-refractivity contribution is 0.759. The minimum Gasteiger partial charge on any atom is -0.385 e. The van der Waals surface area contributed by atoms with Crippen LogP contribution in [-0.4, -0.2) is 32.6 Å². The van der Waals surface area contributed by atoms with E-state index in [0.29, 0.717) is 0 Å².